The first-order valence-corrected chi connectivity index (χ1v) is 10.0. The molecule has 2 aromatic carbocycles. The number of hydrogen-bond acceptors (Lipinski definition) is 3. The molecule has 0 spiro atoms. The highest BCUT2D eigenvalue weighted by molar-refractivity contribution is 7.93. The van der Waals surface area contributed by atoms with Crippen LogP contribution in [-0.4, -0.2) is 19.1 Å². The normalized spacial score (nSPS) is 16.6. The number of hydrogen-bond donors (Lipinski definition) is 1. The predicted molar refractivity (Wildman–Crippen MR) is 99.4 cm³/mol. The van der Waals surface area contributed by atoms with Crippen LogP contribution >= 0.6 is 0 Å². The van der Waals surface area contributed by atoms with Gasteiger partial charge in [0.15, 0.2) is 14.6 Å². The summed E-state index contributed by atoms with van der Waals surface area (Å²) in [6.07, 6.45) is 2.21. The summed E-state index contributed by atoms with van der Waals surface area (Å²) in [5.74, 6) is -0.414. The highest BCUT2D eigenvalue weighted by Gasteiger charge is 2.52. The van der Waals surface area contributed by atoms with Crippen molar-refractivity contribution in [1.82, 2.24) is 0 Å². The van der Waals surface area contributed by atoms with Gasteiger partial charge in [0, 0.05) is 5.69 Å². The van der Waals surface area contributed by atoms with Crippen molar-refractivity contribution in [3.63, 3.8) is 0 Å². The van der Waals surface area contributed by atoms with Crippen molar-refractivity contribution < 1.29 is 13.2 Å². The summed E-state index contributed by atoms with van der Waals surface area (Å²) >= 11 is 0. The lowest BCUT2D eigenvalue weighted by Gasteiger charge is -2.28. The molecule has 0 heterocycles. The van der Waals surface area contributed by atoms with E-state index >= 15 is 0 Å². The fourth-order valence-electron chi connectivity index (χ4n) is 3.51. The number of nitrogens with one attached hydrogen (secondary N) is 1. The third kappa shape index (κ3) is 2.97. The summed E-state index contributed by atoms with van der Waals surface area (Å²) in [5, 5.41) is 2.89. The number of amides is 1. The van der Waals surface area contributed by atoms with Crippen LogP contribution in [0.3, 0.4) is 0 Å². The van der Waals surface area contributed by atoms with E-state index in [-0.39, 0.29) is 4.90 Å². The van der Waals surface area contributed by atoms with Crippen molar-refractivity contribution in [2.75, 3.05) is 5.32 Å². The van der Waals surface area contributed by atoms with E-state index in [4.69, 9.17) is 0 Å². The fourth-order valence-corrected chi connectivity index (χ4v) is 5.60. The Morgan fingerprint density at radius 2 is 1.60 bits per heavy atom. The summed E-state index contributed by atoms with van der Waals surface area (Å²) in [5.41, 5.74) is 2.70. The van der Waals surface area contributed by atoms with Gasteiger partial charge in [-0.2, -0.15) is 0 Å². The topological polar surface area (TPSA) is 63.2 Å². The molecule has 4 nitrogen and oxygen atoms in total. The van der Waals surface area contributed by atoms with Crippen LogP contribution in [0.15, 0.2) is 53.4 Å². The molecule has 1 aliphatic rings. The van der Waals surface area contributed by atoms with E-state index in [0.29, 0.717) is 18.5 Å². The first-order chi connectivity index (χ1) is 11.9. The Morgan fingerprint density at radius 3 is 2.24 bits per heavy atom. The Balaban J connectivity index is 2.01. The summed E-state index contributed by atoms with van der Waals surface area (Å²) in [6, 6.07) is 14.0. The monoisotopic (exact) mass is 357 g/mol. The van der Waals surface area contributed by atoms with Crippen LogP contribution in [-0.2, 0) is 14.6 Å². The molecule has 0 atom stereocenters. The number of benzene rings is 2. The van der Waals surface area contributed by atoms with E-state index in [1.807, 2.05) is 32.0 Å². The molecule has 0 aliphatic heterocycles. The second-order valence-corrected chi connectivity index (χ2v) is 8.98. The second-order valence-electron chi connectivity index (χ2n) is 6.72. The summed E-state index contributed by atoms with van der Waals surface area (Å²) < 4.78 is 25.2. The van der Waals surface area contributed by atoms with Crippen molar-refractivity contribution in [2.24, 2.45) is 0 Å². The first kappa shape index (κ1) is 17.7. The van der Waals surface area contributed by atoms with Crippen molar-refractivity contribution >= 4 is 21.4 Å². The molecule has 0 aromatic heterocycles. The second kappa shape index (κ2) is 6.64. The van der Waals surface area contributed by atoms with E-state index in [9.17, 15) is 13.2 Å². The third-order valence-electron chi connectivity index (χ3n) is 5.25. The van der Waals surface area contributed by atoms with Gasteiger partial charge in [0.2, 0.25) is 5.91 Å². The minimum atomic E-state index is -3.75. The summed E-state index contributed by atoms with van der Waals surface area (Å²) in [7, 11) is -3.75. The lowest BCUT2D eigenvalue weighted by atomic mass is 10.0. The number of carbonyl (C=O) groups excluding carboxylic acids is 1. The molecule has 1 amide bonds. The molecule has 1 saturated carbocycles. The molecule has 1 N–H and O–H groups in total. The van der Waals surface area contributed by atoms with Gasteiger partial charge in [-0.05, 0) is 56.0 Å². The van der Waals surface area contributed by atoms with Gasteiger partial charge in [0.1, 0.15) is 0 Å². The van der Waals surface area contributed by atoms with Crippen LogP contribution in [0.1, 0.15) is 36.8 Å². The maximum Gasteiger partial charge on any atom is 0.246 e. The molecule has 1 fully saturated rings. The predicted octanol–water partition coefficient (Wildman–Crippen LogP) is 4.03. The zero-order valence-electron chi connectivity index (χ0n) is 14.6. The van der Waals surface area contributed by atoms with Crippen LogP contribution in [0.2, 0.25) is 0 Å². The smallest absolute Gasteiger partial charge is 0.246 e. The molecular weight excluding hydrogens is 334 g/mol. The molecule has 132 valence electrons. The van der Waals surface area contributed by atoms with E-state index in [2.05, 4.69) is 5.32 Å². The van der Waals surface area contributed by atoms with Gasteiger partial charge in [-0.25, -0.2) is 8.42 Å². The standard InChI is InChI=1S/C20H23NO3S/c1-15-9-8-12-18(16(15)2)21-19(22)20(13-6-7-14-20)25(23,24)17-10-4-3-5-11-17/h3-5,8-12H,6-7,13-14H2,1-2H3,(H,21,22). The average Bonchev–Trinajstić information content (AvgIpc) is 3.11. The number of anilines is 1. The largest absolute Gasteiger partial charge is 0.324 e. The van der Waals surface area contributed by atoms with Gasteiger partial charge in [0.05, 0.1) is 4.90 Å². The van der Waals surface area contributed by atoms with Gasteiger partial charge in [0.25, 0.3) is 0 Å². The summed E-state index contributed by atoms with van der Waals surface area (Å²) in [4.78, 5) is 13.3. The molecule has 0 unspecified atom stereocenters. The highest BCUT2D eigenvalue weighted by Crippen LogP contribution is 2.41. The van der Waals surface area contributed by atoms with Gasteiger partial charge in [-0.15, -0.1) is 0 Å². The molecular formula is C20H23NO3S. The van der Waals surface area contributed by atoms with Crippen LogP contribution in [0.4, 0.5) is 5.69 Å². The van der Waals surface area contributed by atoms with E-state index in [0.717, 1.165) is 24.0 Å². The SMILES string of the molecule is Cc1cccc(NC(=O)C2(S(=O)(=O)c3ccccc3)CCCC2)c1C. The Labute approximate surface area is 149 Å². The molecule has 3 rings (SSSR count). The first-order valence-electron chi connectivity index (χ1n) is 8.56. The average molecular weight is 357 g/mol. The van der Waals surface area contributed by atoms with E-state index in [1.165, 1.54) is 0 Å². The molecule has 1 aliphatic carbocycles. The van der Waals surface area contributed by atoms with Crippen molar-refractivity contribution in [3.8, 4) is 0 Å². The fraction of sp³-hybridized carbons (Fsp3) is 0.350. The number of aryl methyl sites for hydroxylation is 1. The molecule has 0 radical (unpaired) electrons. The Hall–Kier alpha value is -2.14. The van der Waals surface area contributed by atoms with Crippen LogP contribution in [0, 0.1) is 13.8 Å². The minimum absolute atomic E-state index is 0.216. The molecule has 0 saturated heterocycles. The Bertz CT molecular complexity index is 882. The minimum Gasteiger partial charge on any atom is -0.324 e. The van der Waals surface area contributed by atoms with E-state index < -0.39 is 20.5 Å². The van der Waals surface area contributed by atoms with Crippen LogP contribution in [0.25, 0.3) is 0 Å². The molecule has 5 heteroatoms. The van der Waals surface area contributed by atoms with Gasteiger partial charge < -0.3 is 5.32 Å². The Morgan fingerprint density at radius 1 is 0.960 bits per heavy atom. The zero-order chi connectivity index (χ0) is 18.1. The zero-order valence-corrected chi connectivity index (χ0v) is 15.4. The third-order valence-corrected chi connectivity index (χ3v) is 7.76. The maximum atomic E-state index is 13.3. The van der Waals surface area contributed by atoms with Gasteiger partial charge >= 0.3 is 0 Å². The molecule has 25 heavy (non-hydrogen) atoms. The lowest BCUT2D eigenvalue weighted by molar-refractivity contribution is -0.118. The number of rotatable bonds is 4. The van der Waals surface area contributed by atoms with Crippen molar-refractivity contribution in [1.29, 1.82) is 0 Å². The van der Waals surface area contributed by atoms with Crippen LogP contribution < -0.4 is 5.32 Å². The quantitative estimate of drug-likeness (QED) is 0.898. The summed E-state index contributed by atoms with van der Waals surface area (Å²) in [6.45, 7) is 3.90. The Kier molecular flexibility index (Phi) is 4.69. The van der Waals surface area contributed by atoms with Crippen molar-refractivity contribution in [3.05, 3.63) is 59.7 Å². The number of carbonyl (C=O) groups is 1. The van der Waals surface area contributed by atoms with Crippen LogP contribution in [0.5, 0.6) is 0 Å². The molecule has 2 aromatic rings. The van der Waals surface area contributed by atoms with E-state index in [1.54, 1.807) is 30.3 Å². The molecule has 0 bridgehead atoms. The number of sulfone groups is 1. The van der Waals surface area contributed by atoms with Gasteiger partial charge in [-0.3, -0.25) is 4.79 Å². The lowest BCUT2D eigenvalue weighted by Crippen LogP contribution is -2.47. The maximum absolute atomic E-state index is 13.3. The van der Waals surface area contributed by atoms with Crippen molar-refractivity contribution in [2.45, 2.75) is 49.2 Å². The highest BCUT2D eigenvalue weighted by atomic mass is 32.2. The van der Waals surface area contributed by atoms with Gasteiger partial charge in [-0.1, -0.05) is 43.2 Å².